The molecule has 1 aromatic carbocycles. The van der Waals surface area contributed by atoms with Crippen LogP contribution < -0.4 is 5.56 Å². The summed E-state index contributed by atoms with van der Waals surface area (Å²) in [5.41, 5.74) is -0.153. The van der Waals surface area contributed by atoms with Crippen molar-refractivity contribution < 1.29 is 13.2 Å². The topological polar surface area (TPSA) is 45.8 Å². The van der Waals surface area contributed by atoms with Crippen molar-refractivity contribution >= 4 is 22.5 Å². The minimum atomic E-state index is -4.27. The molecule has 0 saturated heterocycles. The molecule has 7 heteroatoms. The summed E-state index contributed by atoms with van der Waals surface area (Å²) in [5.74, 6) is 0.0205. The second-order valence-electron chi connectivity index (χ2n) is 3.79. The molecule has 2 aromatic rings. The molecular weight excluding hydrogens is 269 g/mol. The molecule has 1 N–H and O–H groups in total. The number of aromatic amines is 1. The molecule has 0 amide bonds. The first-order valence-electron chi connectivity index (χ1n) is 5.10. The van der Waals surface area contributed by atoms with Gasteiger partial charge in [-0.25, -0.2) is 4.98 Å². The molecule has 0 aliphatic rings. The number of fused-ring (bicyclic) bond motifs is 1. The summed E-state index contributed by atoms with van der Waals surface area (Å²) in [6, 6.07) is 4.46. The van der Waals surface area contributed by atoms with Crippen LogP contribution in [0.15, 0.2) is 23.0 Å². The van der Waals surface area contributed by atoms with E-state index in [0.717, 1.165) is 0 Å². The van der Waals surface area contributed by atoms with Crippen molar-refractivity contribution in [1.29, 1.82) is 0 Å². The van der Waals surface area contributed by atoms with E-state index in [9.17, 15) is 18.0 Å². The summed E-state index contributed by atoms with van der Waals surface area (Å²) < 4.78 is 36.2. The maximum absolute atomic E-state index is 12.1. The molecule has 2 rings (SSSR count). The molecule has 0 spiro atoms. The van der Waals surface area contributed by atoms with Crippen molar-refractivity contribution in [3.05, 3.63) is 39.4 Å². The number of aromatic nitrogens is 2. The molecule has 0 aliphatic heterocycles. The van der Waals surface area contributed by atoms with Gasteiger partial charge in [0, 0.05) is 11.4 Å². The van der Waals surface area contributed by atoms with E-state index in [4.69, 9.17) is 11.6 Å². The zero-order chi connectivity index (χ0) is 13.3. The Morgan fingerprint density at radius 2 is 2.06 bits per heavy atom. The Balaban J connectivity index is 2.38. The van der Waals surface area contributed by atoms with Gasteiger partial charge in [0.05, 0.1) is 17.3 Å². The standard InChI is InChI=1S/C11H8ClF3N2O/c12-6-1-2-8-7(5-6)10(18)17-9(16-8)3-4-11(13,14)15/h1-2,5H,3-4H2,(H,16,17,18). The summed E-state index contributed by atoms with van der Waals surface area (Å²) in [7, 11) is 0. The Bertz CT molecular complexity index is 636. The number of aryl methyl sites for hydroxylation is 1. The van der Waals surface area contributed by atoms with Crippen molar-refractivity contribution in [2.45, 2.75) is 19.0 Å². The monoisotopic (exact) mass is 276 g/mol. The number of hydrogen-bond donors (Lipinski definition) is 1. The van der Waals surface area contributed by atoms with Gasteiger partial charge < -0.3 is 4.98 Å². The third-order valence-corrected chi connectivity index (χ3v) is 2.60. The zero-order valence-corrected chi connectivity index (χ0v) is 9.77. The number of hydrogen-bond acceptors (Lipinski definition) is 2. The lowest BCUT2D eigenvalue weighted by Crippen LogP contribution is -2.15. The molecule has 0 atom stereocenters. The van der Waals surface area contributed by atoms with Crippen molar-refractivity contribution in [2.24, 2.45) is 0 Å². The Labute approximate surface area is 105 Å². The van der Waals surface area contributed by atoms with Crippen LogP contribution in [0.25, 0.3) is 10.9 Å². The molecule has 3 nitrogen and oxygen atoms in total. The summed E-state index contributed by atoms with van der Waals surface area (Å²) in [4.78, 5) is 17.9. The van der Waals surface area contributed by atoms with Crippen LogP contribution in [0, 0.1) is 0 Å². The van der Waals surface area contributed by atoms with Crippen LogP contribution in [0.3, 0.4) is 0 Å². The van der Waals surface area contributed by atoms with E-state index >= 15 is 0 Å². The van der Waals surface area contributed by atoms with Gasteiger partial charge in [-0.2, -0.15) is 13.2 Å². The third kappa shape index (κ3) is 3.01. The SMILES string of the molecule is O=c1[nH]c(CCC(F)(F)F)nc2ccc(Cl)cc12. The van der Waals surface area contributed by atoms with E-state index in [1.165, 1.54) is 18.2 Å². The largest absolute Gasteiger partial charge is 0.389 e. The smallest absolute Gasteiger partial charge is 0.310 e. The van der Waals surface area contributed by atoms with E-state index in [1.807, 2.05) is 0 Å². The first-order valence-corrected chi connectivity index (χ1v) is 5.48. The summed E-state index contributed by atoms with van der Waals surface area (Å²) in [5, 5.41) is 0.635. The van der Waals surface area contributed by atoms with Crippen molar-refractivity contribution in [3.8, 4) is 0 Å². The van der Waals surface area contributed by atoms with Crippen LogP contribution in [-0.2, 0) is 6.42 Å². The van der Waals surface area contributed by atoms with Crippen molar-refractivity contribution in [2.75, 3.05) is 0 Å². The first kappa shape index (κ1) is 12.9. The van der Waals surface area contributed by atoms with Crippen LogP contribution in [0.5, 0.6) is 0 Å². The number of H-pyrrole nitrogens is 1. The normalized spacial score (nSPS) is 12.0. The average molecular weight is 277 g/mol. The molecule has 0 aliphatic carbocycles. The van der Waals surface area contributed by atoms with Crippen LogP contribution in [0.1, 0.15) is 12.2 Å². The highest BCUT2D eigenvalue weighted by Gasteiger charge is 2.27. The second-order valence-corrected chi connectivity index (χ2v) is 4.23. The predicted molar refractivity (Wildman–Crippen MR) is 61.7 cm³/mol. The van der Waals surface area contributed by atoms with Crippen molar-refractivity contribution in [3.63, 3.8) is 0 Å². The third-order valence-electron chi connectivity index (χ3n) is 2.36. The van der Waals surface area contributed by atoms with Crippen LogP contribution in [-0.4, -0.2) is 16.1 Å². The van der Waals surface area contributed by atoms with Gasteiger partial charge in [-0.3, -0.25) is 4.79 Å². The van der Waals surface area contributed by atoms with E-state index in [2.05, 4.69) is 9.97 Å². The van der Waals surface area contributed by atoms with Gasteiger partial charge in [0.2, 0.25) is 0 Å². The molecule has 18 heavy (non-hydrogen) atoms. The highest BCUT2D eigenvalue weighted by Crippen LogP contribution is 2.21. The Morgan fingerprint density at radius 3 is 2.72 bits per heavy atom. The summed E-state index contributed by atoms with van der Waals surface area (Å²) in [6.07, 6.45) is -5.64. The minimum Gasteiger partial charge on any atom is -0.310 e. The highest BCUT2D eigenvalue weighted by molar-refractivity contribution is 6.31. The lowest BCUT2D eigenvalue weighted by atomic mass is 10.2. The number of nitrogens with zero attached hydrogens (tertiary/aromatic N) is 1. The Morgan fingerprint density at radius 1 is 1.33 bits per heavy atom. The van der Waals surface area contributed by atoms with E-state index in [0.29, 0.717) is 10.5 Å². The van der Waals surface area contributed by atoms with Gasteiger partial charge in [0.1, 0.15) is 5.82 Å². The second kappa shape index (κ2) is 4.61. The van der Waals surface area contributed by atoms with E-state index < -0.39 is 18.2 Å². The fraction of sp³-hybridized carbons (Fsp3) is 0.273. The Kier molecular flexibility index (Phi) is 3.30. The number of alkyl halides is 3. The lowest BCUT2D eigenvalue weighted by Gasteiger charge is -2.06. The fourth-order valence-electron chi connectivity index (χ4n) is 1.54. The number of halogens is 4. The van der Waals surface area contributed by atoms with Crippen molar-refractivity contribution in [1.82, 2.24) is 9.97 Å². The molecule has 0 fully saturated rings. The first-order chi connectivity index (χ1) is 8.35. The molecular formula is C11H8ClF3N2O. The van der Waals surface area contributed by atoms with Gasteiger partial charge in [-0.1, -0.05) is 11.6 Å². The van der Waals surface area contributed by atoms with E-state index in [-0.39, 0.29) is 17.6 Å². The van der Waals surface area contributed by atoms with Gasteiger partial charge in [-0.05, 0) is 18.2 Å². The quantitative estimate of drug-likeness (QED) is 0.916. The maximum Gasteiger partial charge on any atom is 0.389 e. The summed E-state index contributed by atoms with van der Waals surface area (Å²) in [6.45, 7) is 0. The van der Waals surface area contributed by atoms with Crippen LogP contribution in [0.2, 0.25) is 5.02 Å². The summed E-state index contributed by atoms with van der Waals surface area (Å²) >= 11 is 5.72. The molecule has 0 saturated carbocycles. The minimum absolute atomic E-state index is 0.0205. The van der Waals surface area contributed by atoms with Crippen LogP contribution >= 0.6 is 11.6 Å². The van der Waals surface area contributed by atoms with Gasteiger partial charge in [0.15, 0.2) is 0 Å². The predicted octanol–water partition coefficient (Wildman–Crippen LogP) is 3.07. The molecule has 1 aromatic heterocycles. The van der Waals surface area contributed by atoms with E-state index in [1.54, 1.807) is 0 Å². The van der Waals surface area contributed by atoms with Gasteiger partial charge >= 0.3 is 6.18 Å². The highest BCUT2D eigenvalue weighted by atomic mass is 35.5. The average Bonchev–Trinajstić information content (AvgIpc) is 2.26. The van der Waals surface area contributed by atoms with Gasteiger partial charge in [-0.15, -0.1) is 0 Å². The number of nitrogens with one attached hydrogen (secondary N) is 1. The zero-order valence-electron chi connectivity index (χ0n) is 9.01. The molecule has 0 unspecified atom stereocenters. The molecule has 0 bridgehead atoms. The number of rotatable bonds is 2. The Hall–Kier alpha value is -1.56. The molecule has 96 valence electrons. The molecule has 0 radical (unpaired) electrons. The van der Waals surface area contributed by atoms with Crippen LogP contribution in [0.4, 0.5) is 13.2 Å². The lowest BCUT2D eigenvalue weighted by molar-refractivity contribution is -0.134. The maximum atomic E-state index is 12.1. The molecule has 1 heterocycles. The number of benzene rings is 1. The fourth-order valence-corrected chi connectivity index (χ4v) is 1.71. The van der Waals surface area contributed by atoms with Gasteiger partial charge in [0.25, 0.3) is 5.56 Å².